The fourth-order valence-electron chi connectivity index (χ4n) is 2.50. The molecule has 5 heteroatoms. The Morgan fingerprint density at radius 1 is 0.850 bits per heavy atom. The van der Waals surface area contributed by atoms with Gasteiger partial charge in [-0.2, -0.15) is 0 Å². The molecule has 2 atom stereocenters. The zero-order chi connectivity index (χ0) is 13.4. The van der Waals surface area contributed by atoms with Crippen molar-refractivity contribution in [3.05, 3.63) is 66.7 Å². The molecule has 5 nitrogen and oxygen atoms in total. The molecular weight excluding hydrogens is 256 g/mol. The van der Waals surface area contributed by atoms with Gasteiger partial charge in [-0.25, -0.2) is 0 Å². The van der Waals surface area contributed by atoms with Gasteiger partial charge in [0.15, 0.2) is 0 Å². The summed E-state index contributed by atoms with van der Waals surface area (Å²) in [5, 5.41) is 0. The van der Waals surface area contributed by atoms with E-state index in [2.05, 4.69) is 4.99 Å². The Kier molecular flexibility index (Phi) is 2.48. The van der Waals surface area contributed by atoms with Crippen molar-refractivity contribution in [3.63, 3.8) is 0 Å². The number of anilines is 1. The molecule has 100 valence electrons. The predicted molar refractivity (Wildman–Crippen MR) is 72.6 cm³/mol. The zero-order valence-electron chi connectivity index (χ0n) is 10.5. The van der Waals surface area contributed by atoms with E-state index in [-0.39, 0.29) is 12.1 Å². The molecule has 1 aliphatic rings. The van der Waals surface area contributed by atoms with Gasteiger partial charge in [-0.3, -0.25) is 9.89 Å². The first-order valence-corrected chi connectivity index (χ1v) is 6.35. The summed E-state index contributed by atoms with van der Waals surface area (Å²) in [6.45, 7) is 0. The lowest BCUT2D eigenvalue weighted by molar-refractivity contribution is 0.389. The average molecular weight is 268 g/mol. The first-order chi connectivity index (χ1) is 9.93. The van der Waals surface area contributed by atoms with Crippen LogP contribution in [0.25, 0.3) is 0 Å². The summed E-state index contributed by atoms with van der Waals surface area (Å²) in [6, 6.07) is 11.1. The molecule has 3 aromatic rings. The summed E-state index contributed by atoms with van der Waals surface area (Å²) >= 11 is 0. The minimum Gasteiger partial charge on any atom is -0.467 e. The highest BCUT2D eigenvalue weighted by atomic mass is 16.4. The van der Waals surface area contributed by atoms with Gasteiger partial charge >= 0.3 is 0 Å². The quantitative estimate of drug-likeness (QED) is 0.725. The molecule has 0 amide bonds. The molecule has 0 radical (unpaired) electrons. The van der Waals surface area contributed by atoms with Crippen LogP contribution in [0.3, 0.4) is 0 Å². The van der Waals surface area contributed by atoms with E-state index in [4.69, 9.17) is 13.3 Å². The van der Waals surface area contributed by atoms with Crippen molar-refractivity contribution < 1.29 is 13.3 Å². The number of aliphatic imine (C=N–C) groups is 1. The second kappa shape index (κ2) is 4.45. The first-order valence-electron chi connectivity index (χ1n) is 6.35. The molecule has 0 fully saturated rings. The molecule has 3 aromatic heterocycles. The maximum atomic E-state index is 5.57. The largest absolute Gasteiger partial charge is 0.467 e. The highest BCUT2D eigenvalue weighted by Crippen LogP contribution is 2.42. The lowest BCUT2D eigenvalue weighted by Gasteiger charge is -2.23. The number of rotatable bonds is 3. The van der Waals surface area contributed by atoms with E-state index >= 15 is 0 Å². The van der Waals surface area contributed by atoms with E-state index in [1.807, 2.05) is 41.3 Å². The van der Waals surface area contributed by atoms with Gasteiger partial charge in [-0.15, -0.1) is 0 Å². The zero-order valence-corrected chi connectivity index (χ0v) is 10.5. The van der Waals surface area contributed by atoms with Crippen LogP contribution in [0.5, 0.6) is 0 Å². The van der Waals surface area contributed by atoms with Crippen molar-refractivity contribution >= 4 is 12.2 Å². The van der Waals surface area contributed by atoms with Crippen LogP contribution in [0.1, 0.15) is 23.6 Å². The second-order valence-electron chi connectivity index (χ2n) is 4.54. The molecule has 0 aromatic carbocycles. The summed E-state index contributed by atoms with van der Waals surface area (Å²) in [4.78, 5) is 6.49. The minimum absolute atomic E-state index is 0.109. The Hall–Kier alpha value is -2.69. The molecule has 0 saturated heterocycles. The van der Waals surface area contributed by atoms with Crippen molar-refractivity contribution in [3.8, 4) is 0 Å². The fraction of sp³-hybridized carbons (Fsp3) is 0.133. The summed E-state index contributed by atoms with van der Waals surface area (Å²) < 4.78 is 16.5. The molecule has 20 heavy (non-hydrogen) atoms. The van der Waals surface area contributed by atoms with Gasteiger partial charge in [0.05, 0.1) is 25.1 Å². The maximum Gasteiger partial charge on any atom is 0.201 e. The Bertz CT molecular complexity index is 639. The molecule has 4 rings (SSSR count). The highest BCUT2D eigenvalue weighted by Gasteiger charge is 2.38. The summed E-state index contributed by atoms with van der Waals surface area (Å²) in [5.41, 5.74) is 0. The van der Waals surface area contributed by atoms with Crippen molar-refractivity contribution in [1.29, 1.82) is 0 Å². The van der Waals surface area contributed by atoms with E-state index in [9.17, 15) is 0 Å². The van der Waals surface area contributed by atoms with Crippen molar-refractivity contribution in [2.24, 2.45) is 4.99 Å². The number of nitrogens with zero attached hydrogens (tertiary/aromatic N) is 2. The van der Waals surface area contributed by atoms with Crippen molar-refractivity contribution in [2.45, 2.75) is 12.1 Å². The fourth-order valence-corrected chi connectivity index (χ4v) is 2.50. The normalized spacial score (nSPS) is 21.7. The van der Waals surface area contributed by atoms with Crippen LogP contribution in [0.15, 0.2) is 73.4 Å². The average Bonchev–Trinajstić information content (AvgIpc) is 3.23. The lowest BCUT2D eigenvalue weighted by atomic mass is 10.0. The molecule has 0 bridgehead atoms. The predicted octanol–water partition coefficient (Wildman–Crippen LogP) is 3.80. The number of hydrogen-bond donors (Lipinski definition) is 0. The third-order valence-electron chi connectivity index (χ3n) is 3.38. The third-order valence-corrected chi connectivity index (χ3v) is 3.38. The summed E-state index contributed by atoms with van der Waals surface area (Å²) in [7, 11) is 0. The standard InChI is InChI=1S/C15H12N2O3/c1-4-11(18-7-1)14-15(12-5-2-8-19-12)17(10-16-14)13-6-3-9-20-13/h1-10,14-15H/t14-,15+/m1/s1. The smallest absolute Gasteiger partial charge is 0.201 e. The molecule has 0 spiro atoms. The Balaban J connectivity index is 1.77. The van der Waals surface area contributed by atoms with E-state index in [0.29, 0.717) is 0 Å². The SMILES string of the molecule is C1=N[C@H](c2ccco2)[C@H](c2ccco2)N1c1ccco1. The number of furan rings is 3. The van der Waals surface area contributed by atoms with Gasteiger partial charge in [0.1, 0.15) is 23.6 Å². The van der Waals surface area contributed by atoms with E-state index in [0.717, 1.165) is 17.4 Å². The molecule has 1 aliphatic heterocycles. The number of hydrogen-bond acceptors (Lipinski definition) is 5. The van der Waals surface area contributed by atoms with Gasteiger partial charge in [0.2, 0.25) is 5.88 Å². The van der Waals surface area contributed by atoms with Crippen LogP contribution in [-0.2, 0) is 0 Å². The van der Waals surface area contributed by atoms with Crippen LogP contribution >= 0.6 is 0 Å². The first kappa shape index (κ1) is 11.2. The second-order valence-corrected chi connectivity index (χ2v) is 4.54. The van der Waals surface area contributed by atoms with Gasteiger partial charge in [-0.1, -0.05) is 0 Å². The van der Waals surface area contributed by atoms with E-state index in [1.54, 1.807) is 25.1 Å². The Morgan fingerprint density at radius 3 is 2.20 bits per heavy atom. The summed E-state index contributed by atoms with van der Waals surface area (Å²) in [5.74, 6) is 2.35. The minimum atomic E-state index is -0.152. The Labute approximate surface area is 115 Å². The molecule has 0 saturated carbocycles. The Morgan fingerprint density at radius 2 is 1.55 bits per heavy atom. The van der Waals surface area contributed by atoms with Gasteiger partial charge < -0.3 is 13.3 Å². The third kappa shape index (κ3) is 1.67. The molecule has 0 N–H and O–H groups in total. The van der Waals surface area contributed by atoms with Crippen LogP contribution in [0, 0.1) is 0 Å². The van der Waals surface area contributed by atoms with Crippen molar-refractivity contribution in [1.82, 2.24) is 0 Å². The van der Waals surface area contributed by atoms with Crippen LogP contribution in [0.4, 0.5) is 5.88 Å². The van der Waals surface area contributed by atoms with Gasteiger partial charge in [-0.05, 0) is 30.3 Å². The topological polar surface area (TPSA) is 55.0 Å². The van der Waals surface area contributed by atoms with E-state index < -0.39 is 0 Å². The monoisotopic (exact) mass is 268 g/mol. The summed E-state index contributed by atoms with van der Waals surface area (Å²) in [6.07, 6.45) is 6.72. The highest BCUT2D eigenvalue weighted by molar-refractivity contribution is 5.80. The van der Waals surface area contributed by atoms with Gasteiger partial charge in [0.25, 0.3) is 0 Å². The van der Waals surface area contributed by atoms with E-state index in [1.165, 1.54) is 0 Å². The van der Waals surface area contributed by atoms with Crippen LogP contribution in [-0.4, -0.2) is 6.34 Å². The van der Waals surface area contributed by atoms with Crippen LogP contribution < -0.4 is 4.90 Å². The molecule has 0 unspecified atom stereocenters. The molecular formula is C15H12N2O3. The molecule has 0 aliphatic carbocycles. The van der Waals surface area contributed by atoms with Gasteiger partial charge in [0, 0.05) is 6.07 Å². The maximum absolute atomic E-state index is 5.57. The molecule has 4 heterocycles. The lowest BCUT2D eigenvalue weighted by Crippen LogP contribution is -2.24. The van der Waals surface area contributed by atoms with Crippen molar-refractivity contribution in [2.75, 3.05) is 4.90 Å². The van der Waals surface area contributed by atoms with Crippen LogP contribution in [0.2, 0.25) is 0 Å².